The van der Waals surface area contributed by atoms with E-state index in [1.54, 1.807) is 25.4 Å². The number of amides is 1. The number of pyridine rings is 1. The van der Waals surface area contributed by atoms with Gasteiger partial charge in [-0.25, -0.2) is 4.98 Å². The molecule has 168 valence electrons. The Morgan fingerprint density at radius 2 is 1.88 bits per heavy atom. The highest BCUT2D eigenvalue weighted by Gasteiger charge is 2.12. The molecule has 0 bridgehead atoms. The second-order valence-corrected chi connectivity index (χ2v) is 8.05. The fourth-order valence-corrected chi connectivity index (χ4v) is 3.69. The van der Waals surface area contributed by atoms with Crippen LogP contribution in [0, 0.1) is 6.92 Å². The summed E-state index contributed by atoms with van der Waals surface area (Å²) >= 11 is 0. The fourth-order valence-electron chi connectivity index (χ4n) is 3.69. The molecule has 0 saturated heterocycles. The molecule has 4 rings (SSSR count). The van der Waals surface area contributed by atoms with E-state index in [0.717, 1.165) is 22.7 Å². The van der Waals surface area contributed by atoms with Crippen LogP contribution in [0.1, 0.15) is 44.2 Å². The number of benzene rings is 2. The lowest BCUT2D eigenvalue weighted by molar-refractivity contribution is 0.0958. The van der Waals surface area contributed by atoms with Crippen LogP contribution in [0.3, 0.4) is 0 Å². The van der Waals surface area contributed by atoms with Crippen LogP contribution in [-0.4, -0.2) is 27.5 Å². The minimum atomic E-state index is -0.261. The average Bonchev–Trinajstić information content (AvgIpc) is 3.09. The van der Waals surface area contributed by atoms with Crippen LogP contribution < -0.4 is 15.4 Å². The van der Waals surface area contributed by atoms with Crippen molar-refractivity contribution in [3.63, 3.8) is 0 Å². The van der Waals surface area contributed by atoms with Crippen molar-refractivity contribution >= 4 is 28.6 Å². The number of carbonyl (C=O) groups is 1. The smallest absolute Gasteiger partial charge is 0.269 e. The van der Waals surface area contributed by atoms with Gasteiger partial charge in [-0.3, -0.25) is 9.78 Å². The van der Waals surface area contributed by atoms with Gasteiger partial charge in [0.2, 0.25) is 5.95 Å². The van der Waals surface area contributed by atoms with Crippen molar-refractivity contribution in [1.29, 1.82) is 0 Å². The summed E-state index contributed by atoms with van der Waals surface area (Å²) in [7, 11) is 3.55. The molecule has 2 heterocycles. The van der Waals surface area contributed by atoms with Gasteiger partial charge in [0.05, 0.1) is 11.0 Å². The molecule has 0 saturated carbocycles. The van der Waals surface area contributed by atoms with Crippen LogP contribution in [0.4, 0.5) is 11.6 Å². The zero-order valence-corrected chi connectivity index (χ0v) is 18.9. The molecule has 2 aromatic heterocycles. The highest BCUT2D eigenvalue weighted by Crippen LogP contribution is 2.29. The van der Waals surface area contributed by atoms with E-state index in [0.29, 0.717) is 23.1 Å². The number of anilines is 2. The molecule has 0 aliphatic carbocycles. The summed E-state index contributed by atoms with van der Waals surface area (Å²) in [6.45, 7) is 6.53. The lowest BCUT2D eigenvalue weighted by Gasteiger charge is -2.13. The Labute approximate surface area is 190 Å². The SMILES string of the molecule is CNC(=O)c1cc(Oc2ccc3c(c2)nc(Nc2ccc(C)c(C(C)C)c2)n3C)ccn1.[HH].[HH]. The number of aryl methyl sites for hydroxylation is 2. The topological polar surface area (TPSA) is 81.1 Å². The maximum atomic E-state index is 11.8. The van der Waals surface area contributed by atoms with Crippen molar-refractivity contribution in [3.8, 4) is 11.5 Å². The van der Waals surface area contributed by atoms with Crippen molar-refractivity contribution < 1.29 is 12.4 Å². The van der Waals surface area contributed by atoms with Crippen molar-refractivity contribution in [2.24, 2.45) is 7.05 Å². The molecule has 0 unspecified atom stereocenters. The van der Waals surface area contributed by atoms with Crippen LogP contribution in [0.5, 0.6) is 11.5 Å². The molecule has 2 aromatic carbocycles. The van der Waals surface area contributed by atoms with E-state index >= 15 is 0 Å². The molecule has 0 atom stereocenters. The molecule has 0 fully saturated rings. The number of fused-ring (bicyclic) bond motifs is 1. The van der Waals surface area contributed by atoms with Gasteiger partial charge in [0.1, 0.15) is 17.2 Å². The van der Waals surface area contributed by atoms with E-state index < -0.39 is 0 Å². The summed E-state index contributed by atoms with van der Waals surface area (Å²) in [5.74, 6) is 2.11. The number of ether oxygens (including phenoxy) is 1. The van der Waals surface area contributed by atoms with Gasteiger partial charge in [0.25, 0.3) is 5.91 Å². The fraction of sp³-hybridized carbons (Fsp3) is 0.240. The highest BCUT2D eigenvalue weighted by molar-refractivity contribution is 5.92. The van der Waals surface area contributed by atoms with E-state index in [1.165, 1.54) is 11.1 Å². The molecule has 32 heavy (non-hydrogen) atoms. The van der Waals surface area contributed by atoms with Crippen molar-refractivity contribution in [3.05, 3.63) is 71.5 Å². The van der Waals surface area contributed by atoms with Gasteiger partial charge in [-0.15, -0.1) is 0 Å². The molecule has 1 amide bonds. The molecule has 0 aliphatic rings. The first-order valence-electron chi connectivity index (χ1n) is 10.6. The summed E-state index contributed by atoms with van der Waals surface area (Å²) in [5.41, 5.74) is 5.70. The predicted octanol–water partition coefficient (Wildman–Crippen LogP) is 5.79. The Kier molecular flexibility index (Phi) is 5.81. The quantitative estimate of drug-likeness (QED) is 0.402. The van der Waals surface area contributed by atoms with Crippen LogP contribution in [0.25, 0.3) is 11.0 Å². The Balaban J connectivity index is 0.00000204. The molecule has 7 heteroatoms. The lowest BCUT2D eigenvalue weighted by Crippen LogP contribution is -2.18. The first-order chi connectivity index (χ1) is 15.4. The van der Waals surface area contributed by atoms with Gasteiger partial charge in [-0.2, -0.15) is 0 Å². The molecular weight excluding hydrogens is 402 g/mol. The van der Waals surface area contributed by atoms with Gasteiger partial charge in [-0.05, 0) is 54.3 Å². The standard InChI is InChI=1S/C25H27N5O2.2H2/c1-15(2)20-12-17(7-6-16(20)3)28-25-29-21-13-18(8-9-23(21)30(25)5)32-19-10-11-27-22(14-19)24(31)26-4;;/h6-15H,1-5H3,(H,26,31)(H,28,29);2*1H. The minimum absolute atomic E-state index is 0. The normalized spacial score (nSPS) is 11.1. The Morgan fingerprint density at radius 3 is 2.62 bits per heavy atom. The number of carbonyl (C=O) groups excluding carboxylic acids is 1. The van der Waals surface area contributed by atoms with Crippen LogP contribution in [0.15, 0.2) is 54.7 Å². The van der Waals surface area contributed by atoms with Gasteiger partial charge in [0.15, 0.2) is 0 Å². The number of aromatic nitrogens is 3. The van der Waals surface area contributed by atoms with E-state index in [-0.39, 0.29) is 8.76 Å². The van der Waals surface area contributed by atoms with Crippen LogP contribution in [-0.2, 0) is 7.05 Å². The highest BCUT2D eigenvalue weighted by atomic mass is 16.5. The summed E-state index contributed by atoms with van der Waals surface area (Å²) in [6, 6.07) is 15.5. The zero-order chi connectivity index (χ0) is 22.8. The maximum Gasteiger partial charge on any atom is 0.269 e. The molecule has 0 radical (unpaired) electrons. The molecular formula is C25H31N5O2. The summed E-state index contributed by atoms with van der Waals surface area (Å²) < 4.78 is 7.97. The number of hydrogen-bond acceptors (Lipinski definition) is 5. The molecule has 2 N–H and O–H groups in total. The number of rotatable bonds is 6. The van der Waals surface area contributed by atoms with Gasteiger partial charge in [-0.1, -0.05) is 19.9 Å². The van der Waals surface area contributed by atoms with Crippen LogP contribution >= 0.6 is 0 Å². The number of nitrogens with zero attached hydrogens (tertiary/aromatic N) is 3. The second kappa shape index (κ2) is 8.70. The lowest BCUT2D eigenvalue weighted by atomic mass is 9.97. The third-order valence-electron chi connectivity index (χ3n) is 5.44. The van der Waals surface area contributed by atoms with E-state index in [9.17, 15) is 4.79 Å². The van der Waals surface area contributed by atoms with Crippen molar-refractivity contribution in [1.82, 2.24) is 19.9 Å². The molecule has 4 aromatic rings. The summed E-state index contributed by atoms with van der Waals surface area (Å²) in [4.78, 5) is 20.6. The summed E-state index contributed by atoms with van der Waals surface area (Å²) in [6.07, 6.45) is 1.55. The third-order valence-corrected chi connectivity index (χ3v) is 5.44. The van der Waals surface area contributed by atoms with E-state index in [2.05, 4.69) is 54.6 Å². The predicted molar refractivity (Wildman–Crippen MR) is 131 cm³/mol. The first-order valence-corrected chi connectivity index (χ1v) is 10.6. The summed E-state index contributed by atoms with van der Waals surface area (Å²) in [5, 5.41) is 6.00. The van der Waals surface area contributed by atoms with E-state index in [4.69, 9.17) is 9.72 Å². The number of imidazole rings is 1. The minimum Gasteiger partial charge on any atom is -0.457 e. The van der Waals surface area contributed by atoms with Gasteiger partial charge < -0.3 is 19.9 Å². The monoisotopic (exact) mass is 433 g/mol. The first kappa shape index (κ1) is 21.4. The van der Waals surface area contributed by atoms with E-state index in [1.807, 2.05) is 29.8 Å². The second-order valence-electron chi connectivity index (χ2n) is 8.05. The Morgan fingerprint density at radius 1 is 1.09 bits per heavy atom. The molecule has 0 spiro atoms. The zero-order valence-electron chi connectivity index (χ0n) is 18.9. The van der Waals surface area contributed by atoms with Gasteiger partial charge >= 0.3 is 0 Å². The molecule has 7 nitrogen and oxygen atoms in total. The Hall–Kier alpha value is -3.87. The maximum absolute atomic E-state index is 11.8. The third kappa shape index (κ3) is 4.27. The average molecular weight is 434 g/mol. The number of nitrogens with one attached hydrogen (secondary N) is 2. The molecule has 0 aliphatic heterocycles. The van der Waals surface area contributed by atoms with Crippen molar-refractivity contribution in [2.45, 2.75) is 26.7 Å². The number of hydrogen-bond donors (Lipinski definition) is 2. The van der Waals surface area contributed by atoms with Crippen molar-refractivity contribution in [2.75, 3.05) is 12.4 Å². The Bertz CT molecular complexity index is 1300. The largest absolute Gasteiger partial charge is 0.457 e. The van der Waals surface area contributed by atoms with Gasteiger partial charge in [0, 0.05) is 41.0 Å². The van der Waals surface area contributed by atoms with Crippen LogP contribution in [0.2, 0.25) is 0 Å².